The number of fused-ring (bicyclic) bond motifs is 3. The van der Waals surface area contributed by atoms with Crippen LogP contribution >= 0.6 is 0 Å². The number of sulfonamides is 1. The van der Waals surface area contributed by atoms with E-state index in [1.807, 2.05) is 26.0 Å². The van der Waals surface area contributed by atoms with E-state index >= 15 is 0 Å². The van der Waals surface area contributed by atoms with Gasteiger partial charge in [0.05, 0.1) is 4.90 Å². The average molecular weight is 358 g/mol. The maximum Gasteiger partial charge on any atom is 0.243 e. The molecule has 1 aliphatic heterocycles. The van der Waals surface area contributed by atoms with Crippen molar-refractivity contribution in [2.24, 2.45) is 0 Å². The van der Waals surface area contributed by atoms with Gasteiger partial charge >= 0.3 is 0 Å². The predicted molar refractivity (Wildman–Crippen MR) is 95.5 cm³/mol. The number of benzene rings is 2. The molecule has 4 nitrogen and oxygen atoms in total. The van der Waals surface area contributed by atoms with Crippen molar-refractivity contribution in [1.82, 2.24) is 9.29 Å². The number of aromatic nitrogens is 1. The molecule has 1 aromatic heterocycles. The van der Waals surface area contributed by atoms with E-state index in [-0.39, 0.29) is 5.82 Å². The molecule has 0 bridgehead atoms. The molecule has 2 heterocycles. The molecular weight excluding hydrogens is 339 g/mol. The highest BCUT2D eigenvalue weighted by Gasteiger charge is 2.31. The van der Waals surface area contributed by atoms with Crippen LogP contribution in [0.5, 0.6) is 0 Å². The van der Waals surface area contributed by atoms with E-state index in [4.69, 9.17) is 0 Å². The Bertz CT molecular complexity index is 1090. The molecule has 25 heavy (non-hydrogen) atoms. The van der Waals surface area contributed by atoms with Gasteiger partial charge in [0.1, 0.15) is 5.82 Å². The highest BCUT2D eigenvalue weighted by atomic mass is 32.2. The van der Waals surface area contributed by atoms with Crippen molar-refractivity contribution in [1.29, 1.82) is 0 Å². The molecule has 1 aliphatic rings. The Kier molecular flexibility index (Phi) is 3.70. The summed E-state index contributed by atoms with van der Waals surface area (Å²) in [5.74, 6) is -0.300. The lowest BCUT2D eigenvalue weighted by Crippen LogP contribution is -2.36. The summed E-state index contributed by atoms with van der Waals surface area (Å²) in [5.41, 5.74) is 4.32. The molecule has 0 amide bonds. The highest BCUT2D eigenvalue weighted by Crippen LogP contribution is 2.31. The quantitative estimate of drug-likeness (QED) is 0.760. The summed E-state index contributed by atoms with van der Waals surface area (Å²) in [6, 6.07) is 10.1. The Labute approximate surface area is 146 Å². The molecule has 6 heteroatoms. The second-order valence-electron chi connectivity index (χ2n) is 6.63. The second-order valence-corrected chi connectivity index (χ2v) is 8.54. The van der Waals surface area contributed by atoms with E-state index in [1.165, 1.54) is 16.4 Å². The fourth-order valence-electron chi connectivity index (χ4n) is 3.50. The first-order valence-corrected chi connectivity index (χ1v) is 9.66. The van der Waals surface area contributed by atoms with Crippen LogP contribution in [0.4, 0.5) is 4.39 Å². The van der Waals surface area contributed by atoms with E-state index < -0.39 is 10.0 Å². The van der Waals surface area contributed by atoms with Gasteiger partial charge in [0.15, 0.2) is 0 Å². The number of nitrogens with one attached hydrogen (secondary N) is 1. The Morgan fingerprint density at radius 3 is 2.72 bits per heavy atom. The highest BCUT2D eigenvalue weighted by molar-refractivity contribution is 7.89. The molecule has 1 N–H and O–H groups in total. The molecule has 0 spiro atoms. The van der Waals surface area contributed by atoms with Gasteiger partial charge in [0, 0.05) is 36.1 Å². The third kappa shape index (κ3) is 2.65. The Balaban J connectivity index is 1.77. The second kappa shape index (κ2) is 5.68. The zero-order valence-corrected chi connectivity index (χ0v) is 15.0. The van der Waals surface area contributed by atoms with Gasteiger partial charge in [0.2, 0.25) is 10.0 Å². The van der Waals surface area contributed by atoms with Crippen molar-refractivity contribution in [3.8, 4) is 0 Å². The van der Waals surface area contributed by atoms with E-state index in [2.05, 4.69) is 4.98 Å². The summed E-state index contributed by atoms with van der Waals surface area (Å²) in [4.78, 5) is 3.59. The van der Waals surface area contributed by atoms with Gasteiger partial charge < -0.3 is 4.98 Å². The molecule has 2 aromatic carbocycles. The molecule has 3 aromatic rings. The normalized spacial score (nSPS) is 15.5. The Morgan fingerprint density at radius 2 is 1.92 bits per heavy atom. The predicted octanol–water partition coefficient (Wildman–Crippen LogP) is 3.67. The van der Waals surface area contributed by atoms with Gasteiger partial charge in [-0.3, -0.25) is 0 Å². The SMILES string of the molecule is Cc1ccc(C)c(S(=O)(=O)N2CCc3[nH]c4cc(F)ccc4c3C2)c1. The summed E-state index contributed by atoms with van der Waals surface area (Å²) in [6.07, 6.45) is 0.593. The van der Waals surface area contributed by atoms with E-state index in [0.717, 1.165) is 33.3 Å². The van der Waals surface area contributed by atoms with E-state index in [0.29, 0.717) is 24.4 Å². The summed E-state index contributed by atoms with van der Waals surface area (Å²) in [7, 11) is -3.57. The zero-order chi connectivity index (χ0) is 17.8. The monoisotopic (exact) mass is 358 g/mol. The molecule has 4 rings (SSSR count). The Hall–Kier alpha value is -2.18. The van der Waals surface area contributed by atoms with Crippen LogP contribution in [0.3, 0.4) is 0 Å². The molecule has 0 atom stereocenters. The number of aromatic amines is 1. The van der Waals surface area contributed by atoms with Crippen molar-refractivity contribution in [2.45, 2.75) is 31.7 Å². The van der Waals surface area contributed by atoms with Crippen molar-refractivity contribution < 1.29 is 12.8 Å². The lowest BCUT2D eigenvalue weighted by Gasteiger charge is -2.27. The number of nitrogens with zero attached hydrogens (tertiary/aromatic N) is 1. The number of rotatable bonds is 2. The van der Waals surface area contributed by atoms with Crippen LogP contribution in [-0.4, -0.2) is 24.3 Å². The topological polar surface area (TPSA) is 53.2 Å². The third-order valence-corrected chi connectivity index (χ3v) is 6.85. The average Bonchev–Trinajstić information content (AvgIpc) is 2.93. The molecule has 0 saturated heterocycles. The van der Waals surface area contributed by atoms with Crippen LogP contribution in [-0.2, 0) is 23.0 Å². The van der Waals surface area contributed by atoms with Gasteiger partial charge in [-0.05, 0) is 54.8 Å². The van der Waals surface area contributed by atoms with Crippen molar-refractivity contribution >= 4 is 20.9 Å². The zero-order valence-electron chi connectivity index (χ0n) is 14.1. The smallest absolute Gasteiger partial charge is 0.243 e. The standard InChI is InChI=1S/C19H19FN2O2S/c1-12-3-4-13(2)19(9-12)25(23,24)22-8-7-17-16(11-22)15-6-5-14(20)10-18(15)21-17/h3-6,9-10,21H,7-8,11H2,1-2H3. The first-order valence-electron chi connectivity index (χ1n) is 8.22. The summed E-state index contributed by atoms with van der Waals surface area (Å²) in [6.45, 7) is 4.42. The first kappa shape index (κ1) is 16.3. The molecule has 0 radical (unpaired) electrons. The van der Waals surface area contributed by atoms with Gasteiger partial charge in [-0.1, -0.05) is 12.1 Å². The van der Waals surface area contributed by atoms with Crippen LogP contribution < -0.4 is 0 Å². The number of hydrogen-bond acceptors (Lipinski definition) is 2. The van der Waals surface area contributed by atoms with Gasteiger partial charge in [-0.2, -0.15) is 4.31 Å². The fraction of sp³-hybridized carbons (Fsp3) is 0.263. The molecule has 0 unspecified atom stereocenters. The molecule has 130 valence electrons. The number of H-pyrrole nitrogens is 1. The van der Waals surface area contributed by atoms with Gasteiger partial charge in [0.25, 0.3) is 0 Å². The summed E-state index contributed by atoms with van der Waals surface area (Å²) >= 11 is 0. The van der Waals surface area contributed by atoms with Crippen molar-refractivity contribution in [2.75, 3.05) is 6.54 Å². The molecule has 0 saturated carbocycles. The van der Waals surface area contributed by atoms with Crippen LogP contribution in [0.25, 0.3) is 10.9 Å². The molecular formula is C19H19FN2O2S. The fourth-order valence-corrected chi connectivity index (χ4v) is 5.22. The number of halogens is 1. The molecule has 0 fully saturated rings. The van der Waals surface area contributed by atoms with Crippen molar-refractivity contribution in [3.63, 3.8) is 0 Å². The summed E-state index contributed by atoms with van der Waals surface area (Å²) in [5, 5.41) is 0.886. The first-order chi connectivity index (χ1) is 11.9. The van der Waals surface area contributed by atoms with Gasteiger partial charge in [-0.25, -0.2) is 12.8 Å². The maximum atomic E-state index is 13.4. The van der Waals surface area contributed by atoms with Gasteiger partial charge in [-0.15, -0.1) is 0 Å². The maximum absolute atomic E-state index is 13.4. The van der Waals surface area contributed by atoms with Crippen molar-refractivity contribution in [3.05, 3.63) is 64.6 Å². The number of aryl methyl sites for hydroxylation is 2. The minimum absolute atomic E-state index is 0.300. The van der Waals surface area contributed by atoms with Crippen LogP contribution in [0.15, 0.2) is 41.3 Å². The minimum Gasteiger partial charge on any atom is -0.358 e. The van der Waals surface area contributed by atoms with E-state index in [1.54, 1.807) is 12.1 Å². The minimum atomic E-state index is -3.57. The lowest BCUT2D eigenvalue weighted by atomic mass is 10.1. The number of hydrogen-bond donors (Lipinski definition) is 1. The lowest BCUT2D eigenvalue weighted by molar-refractivity contribution is 0.391. The van der Waals surface area contributed by atoms with Crippen LogP contribution in [0.1, 0.15) is 22.4 Å². The Morgan fingerprint density at radius 1 is 1.12 bits per heavy atom. The van der Waals surface area contributed by atoms with Crippen LogP contribution in [0.2, 0.25) is 0 Å². The molecule has 0 aliphatic carbocycles. The third-order valence-electron chi connectivity index (χ3n) is 4.86. The van der Waals surface area contributed by atoms with E-state index in [9.17, 15) is 12.8 Å². The summed E-state index contributed by atoms with van der Waals surface area (Å²) < 4.78 is 41.2. The van der Waals surface area contributed by atoms with Crippen LogP contribution in [0, 0.1) is 19.7 Å². The largest absolute Gasteiger partial charge is 0.358 e.